The summed E-state index contributed by atoms with van der Waals surface area (Å²) in [6.07, 6.45) is 5.27. The summed E-state index contributed by atoms with van der Waals surface area (Å²) in [4.78, 5) is 0. The van der Waals surface area contributed by atoms with E-state index in [-0.39, 0.29) is 6.04 Å². The van der Waals surface area contributed by atoms with Gasteiger partial charge < -0.3 is 5.73 Å². The van der Waals surface area contributed by atoms with Gasteiger partial charge >= 0.3 is 0 Å². The van der Waals surface area contributed by atoms with Crippen LogP contribution in [-0.2, 0) is 6.42 Å². The second-order valence-electron chi connectivity index (χ2n) is 5.42. The van der Waals surface area contributed by atoms with Crippen LogP contribution >= 0.6 is 0 Å². The fraction of sp³-hybridized carbons (Fsp3) is 0.600. The molecule has 94 valence electrons. The SMILES string of the molecule is CC(N)c1ccc(CC2(F)CCCCC2)cc1. The maximum absolute atomic E-state index is 14.5. The number of rotatable bonds is 3. The minimum Gasteiger partial charge on any atom is -0.324 e. The van der Waals surface area contributed by atoms with Crippen molar-refractivity contribution in [1.82, 2.24) is 0 Å². The molecule has 0 bridgehead atoms. The van der Waals surface area contributed by atoms with E-state index in [9.17, 15) is 4.39 Å². The summed E-state index contributed by atoms with van der Waals surface area (Å²) in [7, 11) is 0. The average Bonchev–Trinajstić information content (AvgIpc) is 2.30. The fourth-order valence-electron chi connectivity index (χ4n) is 2.67. The van der Waals surface area contributed by atoms with Crippen LogP contribution in [0.5, 0.6) is 0 Å². The van der Waals surface area contributed by atoms with Crippen molar-refractivity contribution in [2.45, 2.75) is 57.2 Å². The lowest BCUT2D eigenvalue weighted by molar-refractivity contribution is 0.107. The minimum atomic E-state index is -0.964. The normalized spacial score (nSPS) is 21.1. The summed E-state index contributed by atoms with van der Waals surface area (Å²) >= 11 is 0. The zero-order chi connectivity index (χ0) is 12.3. The van der Waals surface area contributed by atoms with Crippen molar-refractivity contribution < 1.29 is 4.39 Å². The molecule has 1 aliphatic rings. The fourth-order valence-corrected chi connectivity index (χ4v) is 2.67. The van der Waals surface area contributed by atoms with Crippen molar-refractivity contribution in [1.29, 1.82) is 0 Å². The molecule has 1 aliphatic carbocycles. The number of halogens is 1. The number of nitrogens with two attached hydrogens (primary N) is 1. The van der Waals surface area contributed by atoms with E-state index in [0.717, 1.165) is 36.8 Å². The molecule has 1 atom stereocenters. The van der Waals surface area contributed by atoms with Crippen LogP contribution in [0.25, 0.3) is 0 Å². The van der Waals surface area contributed by atoms with Gasteiger partial charge in [-0.3, -0.25) is 0 Å². The van der Waals surface area contributed by atoms with E-state index in [2.05, 4.69) is 0 Å². The first-order chi connectivity index (χ1) is 8.09. The van der Waals surface area contributed by atoms with Gasteiger partial charge in [-0.15, -0.1) is 0 Å². The lowest BCUT2D eigenvalue weighted by Gasteiger charge is -2.29. The lowest BCUT2D eigenvalue weighted by atomic mass is 9.82. The van der Waals surface area contributed by atoms with Crippen LogP contribution in [-0.4, -0.2) is 5.67 Å². The standard InChI is InChI=1S/C15H22FN/c1-12(17)14-7-5-13(6-8-14)11-15(16)9-3-2-4-10-15/h5-8,12H,2-4,9-11,17H2,1H3. The van der Waals surface area contributed by atoms with Crippen LogP contribution in [0, 0.1) is 0 Å². The third kappa shape index (κ3) is 3.29. The highest BCUT2D eigenvalue weighted by Gasteiger charge is 2.31. The summed E-state index contributed by atoms with van der Waals surface area (Å²) in [6, 6.07) is 8.14. The topological polar surface area (TPSA) is 26.0 Å². The van der Waals surface area contributed by atoms with Gasteiger partial charge in [-0.2, -0.15) is 0 Å². The first-order valence-electron chi connectivity index (χ1n) is 6.62. The Morgan fingerprint density at radius 3 is 2.29 bits per heavy atom. The van der Waals surface area contributed by atoms with Crippen LogP contribution in [0.2, 0.25) is 0 Å². The minimum absolute atomic E-state index is 0.0538. The van der Waals surface area contributed by atoms with E-state index in [1.807, 2.05) is 31.2 Å². The molecule has 0 amide bonds. The molecule has 17 heavy (non-hydrogen) atoms. The van der Waals surface area contributed by atoms with Gasteiger partial charge in [0.25, 0.3) is 0 Å². The van der Waals surface area contributed by atoms with Gasteiger partial charge in [0.05, 0.1) is 0 Å². The van der Waals surface area contributed by atoms with Gasteiger partial charge in [-0.1, -0.05) is 43.5 Å². The molecule has 1 aromatic carbocycles. The summed E-state index contributed by atoms with van der Waals surface area (Å²) in [5.41, 5.74) is 7.05. The molecule has 2 rings (SSSR count). The van der Waals surface area contributed by atoms with E-state index >= 15 is 0 Å². The van der Waals surface area contributed by atoms with E-state index in [1.54, 1.807) is 0 Å². The van der Waals surface area contributed by atoms with E-state index in [1.165, 1.54) is 6.42 Å². The van der Waals surface area contributed by atoms with Crippen molar-refractivity contribution >= 4 is 0 Å². The van der Waals surface area contributed by atoms with Gasteiger partial charge in [0.15, 0.2) is 0 Å². The summed E-state index contributed by atoms with van der Waals surface area (Å²) < 4.78 is 14.5. The molecule has 1 nitrogen and oxygen atoms in total. The number of alkyl halides is 1. The van der Waals surface area contributed by atoms with Gasteiger partial charge in [0.1, 0.15) is 5.67 Å². The van der Waals surface area contributed by atoms with Gasteiger partial charge in [0, 0.05) is 12.5 Å². The molecule has 0 spiro atoms. The van der Waals surface area contributed by atoms with Crippen molar-refractivity contribution in [2.24, 2.45) is 5.73 Å². The number of hydrogen-bond acceptors (Lipinski definition) is 1. The van der Waals surface area contributed by atoms with Crippen molar-refractivity contribution in [3.8, 4) is 0 Å². The maximum atomic E-state index is 14.5. The molecular formula is C15H22FN. The molecule has 1 saturated carbocycles. The molecule has 1 aromatic rings. The van der Waals surface area contributed by atoms with E-state index in [0.29, 0.717) is 6.42 Å². The Morgan fingerprint density at radius 1 is 1.18 bits per heavy atom. The Hall–Kier alpha value is -0.890. The van der Waals surface area contributed by atoms with E-state index < -0.39 is 5.67 Å². The third-order valence-corrected chi connectivity index (χ3v) is 3.78. The van der Waals surface area contributed by atoms with Gasteiger partial charge in [0.2, 0.25) is 0 Å². The molecule has 2 heteroatoms. The van der Waals surface area contributed by atoms with Crippen molar-refractivity contribution in [2.75, 3.05) is 0 Å². The Labute approximate surface area is 103 Å². The zero-order valence-electron chi connectivity index (χ0n) is 10.6. The average molecular weight is 235 g/mol. The van der Waals surface area contributed by atoms with Crippen molar-refractivity contribution in [3.63, 3.8) is 0 Å². The number of hydrogen-bond donors (Lipinski definition) is 1. The zero-order valence-corrected chi connectivity index (χ0v) is 10.6. The van der Waals surface area contributed by atoms with Gasteiger partial charge in [-0.25, -0.2) is 4.39 Å². The third-order valence-electron chi connectivity index (χ3n) is 3.78. The van der Waals surface area contributed by atoms with Crippen LogP contribution in [0.3, 0.4) is 0 Å². The van der Waals surface area contributed by atoms with Crippen LogP contribution in [0.1, 0.15) is 56.2 Å². The predicted octanol–water partition coefficient (Wildman–Crippen LogP) is 3.92. The Bertz CT molecular complexity index is 350. The molecule has 0 saturated heterocycles. The molecule has 0 heterocycles. The molecule has 0 aliphatic heterocycles. The van der Waals surface area contributed by atoms with Crippen LogP contribution < -0.4 is 5.73 Å². The van der Waals surface area contributed by atoms with Crippen LogP contribution in [0.4, 0.5) is 4.39 Å². The van der Waals surface area contributed by atoms with Gasteiger partial charge in [-0.05, 0) is 30.9 Å². The molecule has 2 N–H and O–H groups in total. The Balaban J connectivity index is 2.03. The second-order valence-corrected chi connectivity index (χ2v) is 5.42. The molecule has 0 aromatic heterocycles. The van der Waals surface area contributed by atoms with Crippen molar-refractivity contribution in [3.05, 3.63) is 35.4 Å². The maximum Gasteiger partial charge on any atom is 0.115 e. The first kappa shape index (κ1) is 12.6. The summed E-state index contributed by atoms with van der Waals surface area (Å²) in [5, 5.41) is 0. The quantitative estimate of drug-likeness (QED) is 0.844. The molecule has 1 unspecified atom stereocenters. The second kappa shape index (κ2) is 5.18. The highest BCUT2D eigenvalue weighted by Crippen LogP contribution is 2.34. The Kier molecular flexibility index (Phi) is 3.82. The molecular weight excluding hydrogens is 213 g/mol. The highest BCUT2D eigenvalue weighted by molar-refractivity contribution is 5.25. The van der Waals surface area contributed by atoms with Crippen LogP contribution in [0.15, 0.2) is 24.3 Å². The Morgan fingerprint density at radius 2 is 1.76 bits per heavy atom. The lowest BCUT2D eigenvalue weighted by Crippen LogP contribution is -2.28. The molecule has 1 fully saturated rings. The summed E-state index contributed by atoms with van der Waals surface area (Å²) in [6.45, 7) is 1.97. The smallest absolute Gasteiger partial charge is 0.115 e. The number of benzene rings is 1. The predicted molar refractivity (Wildman–Crippen MR) is 69.7 cm³/mol. The monoisotopic (exact) mass is 235 g/mol. The van der Waals surface area contributed by atoms with E-state index in [4.69, 9.17) is 5.73 Å². The first-order valence-corrected chi connectivity index (χ1v) is 6.62. The summed E-state index contributed by atoms with van der Waals surface area (Å²) in [5.74, 6) is 0. The highest BCUT2D eigenvalue weighted by atomic mass is 19.1. The largest absolute Gasteiger partial charge is 0.324 e. The molecule has 0 radical (unpaired) electrons.